The molecule has 3 N–H and O–H groups in total. The maximum absolute atomic E-state index is 11.6. The molecule has 3 nitrogen and oxygen atoms in total. The Morgan fingerprint density at radius 1 is 1.53 bits per heavy atom. The lowest BCUT2D eigenvalue weighted by atomic mass is 10.1. The van der Waals surface area contributed by atoms with E-state index in [0.717, 1.165) is 5.56 Å². The minimum Gasteiger partial charge on any atom is -0.399 e. The first kappa shape index (κ1) is 11.6. The summed E-state index contributed by atoms with van der Waals surface area (Å²) < 4.78 is 0. The van der Waals surface area contributed by atoms with E-state index in [9.17, 15) is 4.79 Å². The molecule has 1 rings (SSSR count). The number of hydrogen-bond acceptors (Lipinski definition) is 2. The van der Waals surface area contributed by atoms with Crippen molar-refractivity contribution >= 4 is 23.2 Å². The standard InChI is InChI=1S/C11H13ClN2O/c1-7-3-9(5-10(13)4-7)11(15)14-6-8(2)12/h3-5H,2,6,13H2,1H3,(H,14,15). The van der Waals surface area contributed by atoms with Gasteiger partial charge in [-0.3, -0.25) is 4.79 Å². The molecule has 0 radical (unpaired) electrons. The van der Waals surface area contributed by atoms with Crippen molar-refractivity contribution in [2.75, 3.05) is 12.3 Å². The zero-order valence-electron chi connectivity index (χ0n) is 8.51. The second kappa shape index (κ2) is 4.84. The van der Waals surface area contributed by atoms with Gasteiger partial charge in [0.1, 0.15) is 0 Å². The third-order valence-corrected chi connectivity index (χ3v) is 1.94. The molecule has 0 bridgehead atoms. The molecule has 1 aromatic carbocycles. The van der Waals surface area contributed by atoms with Gasteiger partial charge in [-0.2, -0.15) is 0 Å². The van der Waals surface area contributed by atoms with Gasteiger partial charge in [-0.25, -0.2) is 0 Å². The molecule has 0 heterocycles. The number of carbonyl (C=O) groups excluding carboxylic acids is 1. The van der Waals surface area contributed by atoms with Gasteiger partial charge in [0.25, 0.3) is 5.91 Å². The Bertz CT molecular complexity index is 381. The smallest absolute Gasteiger partial charge is 0.251 e. The zero-order chi connectivity index (χ0) is 11.4. The second-order valence-electron chi connectivity index (χ2n) is 3.33. The first-order valence-electron chi connectivity index (χ1n) is 4.47. The van der Waals surface area contributed by atoms with E-state index >= 15 is 0 Å². The number of hydrogen-bond donors (Lipinski definition) is 2. The summed E-state index contributed by atoms with van der Waals surface area (Å²) in [5, 5.41) is 3.02. The molecular weight excluding hydrogens is 212 g/mol. The number of rotatable bonds is 3. The van der Waals surface area contributed by atoms with Gasteiger partial charge in [0, 0.05) is 16.3 Å². The van der Waals surface area contributed by atoms with Crippen LogP contribution in [0.4, 0.5) is 5.69 Å². The van der Waals surface area contributed by atoms with Crippen LogP contribution in [0.2, 0.25) is 0 Å². The fourth-order valence-electron chi connectivity index (χ4n) is 1.22. The van der Waals surface area contributed by atoms with Crippen LogP contribution >= 0.6 is 11.6 Å². The molecule has 0 aliphatic rings. The quantitative estimate of drug-likeness (QED) is 0.773. The SMILES string of the molecule is C=C(Cl)CNC(=O)c1cc(C)cc(N)c1. The maximum atomic E-state index is 11.6. The van der Waals surface area contributed by atoms with E-state index in [1.165, 1.54) is 0 Å². The molecule has 80 valence electrons. The number of halogens is 1. The lowest BCUT2D eigenvalue weighted by Gasteiger charge is -2.05. The van der Waals surface area contributed by atoms with Crippen LogP contribution in [0, 0.1) is 6.92 Å². The molecule has 0 aliphatic carbocycles. The van der Waals surface area contributed by atoms with Crippen LogP contribution in [0.15, 0.2) is 29.8 Å². The van der Waals surface area contributed by atoms with Crippen molar-refractivity contribution in [3.8, 4) is 0 Å². The number of carbonyl (C=O) groups is 1. The summed E-state index contributed by atoms with van der Waals surface area (Å²) in [6, 6.07) is 5.19. The predicted octanol–water partition coefficient (Wildman–Crippen LogP) is 2.06. The normalized spacial score (nSPS) is 9.73. The van der Waals surface area contributed by atoms with Crippen molar-refractivity contribution in [2.45, 2.75) is 6.92 Å². The van der Waals surface area contributed by atoms with Crippen molar-refractivity contribution in [3.63, 3.8) is 0 Å². The molecule has 0 atom stereocenters. The Kier molecular flexibility index (Phi) is 3.74. The van der Waals surface area contributed by atoms with Gasteiger partial charge in [0.15, 0.2) is 0 Å². The summed E-state index contributed by atoms with van der Waals surface area (Å²) in [6.45, 7) is 5.62. The van der Waals surface area contributed by atoms with E-state index in [0.29, 0.717) is 16.3 Å². The van der Waals surface area contributed by atoms with E-state index in [2.05, 4.69) is 11.9 Å². The highest BCUT2D eigenvalue weighted by Crippen LogP contribution is 2.11. The number of anilines is 1. The average Bonchev–Trinajstić information content (AvgIpc) is 2.12. The highest BCUT2D eigenvalue weighted by Gasteiger charge is 2.06. The van der Waals surface area contributed by atoms with Crippen LogP contribution < -0.4 is 11.1 Å². The Morgan fingerprint density at radius 2 is 2.20 bits per heavy atom. The molecule has 1 amide bonds. The second-order valence-corrected chi connectivity index (χ2v) is 3.87. The monoisotopic (exact) mass is 224 g/mol. The molecule has 0 saturated heterocycles. The molecule has 0 saturated carbocycles. The molecule has 0 aromatic heterocycles. The van der Waals surface area contributed by atoms with Crippen LogP contribution in [0.5, 0.6) is 0 Å². The predicted molar refractivity (Wildman–Crippen MR) is 62.9 cm³/mol. The molecular formula is C11H13ClN2O. The van der Waals surface area contributed by atoms with Gasteiger partial charge in [-0.15, -0.1) is 0 Å². The third kappa shape index (κ3) is 3.64. The number of nitrogens with two attached hydrogens (primary N) is 1. The summed E-state index contributed by atoms with van der Waals surface area (Å²) in [5.41, 5.74) is 7.69. The lowest BCUT2D eigenvalue weighted by molar-refractivity contribution is 0.0957. The van der Waals surface area contributed by atoms with Crippen LogP contribution in [0.1, 0.15) is 15.9 Å². The number of nitrogens with one attached hydrogen (secondary N) is 1. The molecule has 4 heteroatoms. The molecule has 0 spiro atoms. The van der Waals surface area contributed by atoms with Crippen molar-refractivity contribution in [3.05, 3.63) is 40.9 Å². The van der Waals surface area contributed by atoms with Crippen molar-refractivity contribution in [2.24, 2.45) is 0 Å². The van der Waals surface area contributed by atoms with Crippen LogP contribution in [-0.2, 0) is 0 Å². The molecule has 15 heavy (non-hydrogen) atoms. The minimum atomic E-state index is -0.202. The van der Waals surface area contributed by atoms with Gasteiger partial charge in [-0.1, -0.05) is 18.2 Å². The van der Waals surface area contributed by atoms with Crippen LogP contribution in [0.25, 0.3) is 0 Å². The van der Waals surface area contributed by atoms with E-state index in [1.54, 1.807) is 18.2 Å². The third-order valence-electron chi connectivity index (χ3n) is 1.80. The molecule has 0 unspecified atom stereocenters. The summed E-state index contributed by atoms with van der Waals surface area (Å²) in [7, 11) is 0. The summed E-state index contributed by atoms with van der Waals surface area (Å²) >= 11 is 5.54. The highest BCUT2D eigenvalue weighted by atomic mass is 35.5. The van der Waals surface area contributed by atoms with E-state index in [1.807, 2.05) is 6.92 Å². The van der Waals surface area contributed by atoms with Crippen molar-refractivity contribution < 1.29 is 4.79 Å². The summed E-state index contributed by atoms with van der Waals surface area (Å²) in [4.78, 5) is 11.6. The van der Waals surface area contributed by atoms with Gasteiger partial charge in [0.05, 0.1) is 6.54 Å². The Labute approximate surface area is 93.9 Å². The number of nitrogen functional groups attached to an aromatic ring is 1. The van der Waals surface area contributed by atoms with E-state index in [4.69, 9.17) is 17.3 Å². The summed E-state index contributed by atoms with van der Waals surface area (Å²) in [5.74, 6) is -0.202. The fraction of sp³-hybridized carbons (Fsp3) is 0.182. The van der Waals surface area contributed by atoms with Gasteiger partial charge in [0.2, 0.25) is 0 Å². The first-order chi connectivity index (χ1) is 6.99. The number of amides is 1. The molecule has 1 aromatic rings. The Balaban J connectivity index is 2.77. The van der Waals surface area contributed by atoms with Gasteiger partial charge in [-0.05, 0) is 30.7 Å². The van der Waals surface area contributed by atoms with Crippen molar-refractivity contribution in [1.29, 1.82) is 0 Å². The Morgan fingerprint density at radius 3 is 2.73 bits per heavy atom. The fourth-order valence-corrected chi connectivity index (χ4v) is 1.29. The van der Waals surface area contributed by atoms with E-state index in [-0.39, 0.29) is 12.5 Å². The average molecular weight is 225 g/mol. The largest absolute Gasteiger partial charge is 0.399 e. The first-order valence-corrected chi connectivity index (χ1v) is 4.85. The zero-order valence-corrected chi connectivity index (χ0v) is 9.27. The van der Waals surface area contributed by atoms with Crippen LogP contribution in [0.3, 0.4) is 0 Å². The van der Waals surface area contributed by atoms with Crippen molar-refractivity contribution in [1.82, 2.24) is 5.32 Å². The van der Waals surface area contributed by atoms with Gasteiger partial charge < -0.3 is 11.1 Å². The van der Waals surface area contributed by atoms with Gasteiger partial charge >= 0.3 is 0 Å². The number of benzene rings is 1. The molecule has 0 aliphatic heterocycles. The van der Waals surface area contributed by atoms with Crippen LogP contribution in [-0.4, -0.2) is 12.5 Å². The molecule has 0 fully saturated rings. The number of aryl methyl sites for hydroxylation is 1. The maximum Gasteiger partial charge on any atom is 0.251 e. The topological polar surface area (TPSA) is 55.1 Å². The lowest BCUT2D eigenvalue weighted by Crippen LogP contribution is -2.24. The van der Waals surface area contributed by atoms with E-state index < -0.39 is 0 Å². The summed E-state index contributed by atoms with van der Waals surface area (Å²) in [6.07, 6.45) is 0. The minimum absolute atomic E-state index is 0.202. The highest BCUT2D eigenvalue weighted by molar-refractivity contribution is 6.29. The Hall–Kier alpha value is -1.48.